The smallest absolute Gasteiger partial charge is 0.355 e. The maximum absolute atomic E-state index is 13.1. The van der Waals surface area contributed by atoms with Crippen molar-refractivity contribution < 1.29 is 14.3 Å². The number of rotatable bonds is 9. The van der Waals surface area contributed by atoms with Crippen molar-refractivity contribution in [2.45, 2.75) is 54.0 Å². The zero-order chi connectivity index (χ0) is 18.3. The number of hydrogen-bond acceptors (Lipinski definition) is 3. The summed E-state index contributed by atoms with van der Waals surface area (Å²) in [6.45, 7) is 15.5. The summed E-state index contributed by atoms with van der Waals surface area (Å²) in [6, 6.07) is 0. The summed E-state index contributed by atoms with van der Waals surface area (Å²) in [5, 5.41) is 0. The summed E-state index contributed by atoms with van der Waals surface area (Å²) in [6.07, 6.45) is 3.53. The van der Waals surface area contributed by atoms with Crippen LogP contribution < -0.4 is 0 Å². The van der Waals surface area contributed by atoms with E-state index in [4.69, 9.17) is 4.74 Å². The minimum atomic E-state index is -0.392. The Kier molecular flexibility index (Phi) is 7.75. The monoisotopic (exact) mass is 334 g/mol. The van der Waals surface area contributed by atoms with Crippen LogP contribution in [0.3, 0.4) is 0 Å². The lowest BCUT2D eigenvalue weighted by Crippen LogP contribution is -2.33. The van der Waals surface area contributed by atoms with Gasteiger partial charge in [-0.15, -0.1) is 6.58 Å². The number of aromatic nitrogens is 1. The van der Waals surface area contributed by atoms with Crippen LogP contribution in [-0.2, 0) is 11.3 Å². The highest BCUT2D eigenvalue weighted by Crippen LogP contribution is 2.25. The Morgan fingerprint density at radius 3 is 2.21 bits per heavy atom. The average molecular weight is 334 g/mol. The molecule has 0 aliphatic carbocycles. The van der Waals surface area contributed by atoms with Crippen LogP contribution in [0.5, 0.6) is 0 Å². The largest absolute Gasteiger partial charge is 0.461 e. The van der Waals surface area contributed by atoms with Gasteiger partial charge in [0.2, 0.25) is 0 Å². The molecule has 0 aliphatic heterocycles. The second-order valence-corrected chi connectivity index (χ2v) is 5.85. The fraction of sp³-hybridized carbons (Fsp3) is 0.579. The molecule has 0 bridgehead atoms. The molecule has 5 nitrogen and oxygen atoms in total. The Hall–Kier alpha value is -2.04. The molecule has 1 aromatic rings. The Bertz CT molecular complexity index is 596. The van der Waals surface area contributed by atoms with Gasteiger partial charge in [0.15, 0.2) is 0 Å². The summed E-state index contributed by atoms with van der Waals surface area (Å²) in [5.74, 6) is -0.404. The second kappa shape index (κ2) is 9.30. The van der Waals surface area contributed by atoms with Crippen molar-refractivity contribution in [1.82, 2.24) is 9.47 Å². The van der Waals surface area contributed by atoms with Gasteiger partial charge in [-0.1, -0.05) is 19.9 Å². The first-order valence-corrected chi connectivity index (χ1v) is 8.71. The molecule has 0 N–H and O–H groups in total. The summed E-state index contributed by atoms with van der Waals surface area (Å²) in [4.78, 5) is 27.3. The van der Waals surface area contributed by atoms with Crippen LogP contribution in [0, 0.1) is 13.8 Å². The van der Waals surface area contributed by atoms with Crippen LogP contribution in [0.2, 0.25) is 0 Å². The third kappa shape index (κ3) is 4.08. The third-order valence-corrected chi connectivity index (χ3v) is 4.04. The van der Waals surface area contributed by atoms with Gasteiger partial charge in [-0.2, -0.15) is 0 Å². The van der Waals surface area contributed by atoms with Gasteiger partial charge in [0, 0.05) is 25.3 Å². The van der Waals surface area contributed by atoms with Gasteiger partial charge in [0.1, 0.15) is 5.69 Å². The Balaban J connectivity index is 3.42. The van der Waals surface area contributed by atoms with Crippen molar-refractivity contribution in [2.75, 3.05) is 19.7 Å². The van der Waals surface area contributed by atoms with Crippen LogP contribution in [-0.4, -0.2) is 41.0 Å². The van der Waals surface area contributed by atoms with Crippen molar-refractivity contribution >= 4 is 11.9 Å². The molecule has 134 valence electrons. The van der Waals surface area contributed by atoms with Crippen molar-refractivity contribution in [3.8, 4) is 0 Å². The lowest BCUT2D eigenvalue weighted by molar-refractivity contribution is 0.0513. The van der Waals surface area contributed by atoms with Crippen molar-refractivity contribution in [2.24, 2.45) is 0 Å². The molecule has 0 spiro atoms. The minimum absolute atomic E-state index is 0.0120. The predicted octanol–water partition coefficient (Wildman–Crippen LogP) is 3.73. The Labute approximate surface area is 145 Å². The topological polar surface area (TPSA) is 51.5 Å². The first-order chi connectivity index (χ1) is 11.4. The van der Waals surface area contributed by atoms with Crippen LogP contribution in [0.15, 0.2) is 12.7 Å². The first-order valence-electron chi connectivity index (χ1n) is 8.71. The van der Waals surface area contributed by atoms with Gasteiger partial charge in [-0.3, -0.25) is 4.79 Å². The van der Waals surface area contributed by atoms with Crippen LogP contribution in [0.1, 0.15) is 65.7 Å². The summed E-state index contributed by atoms with van der Waals surface area (Å²) >= 11 is 0. The number of amides is 1. The molecule has 1 rings (SSSR count). The quantitative estimate of drug-likeness (QED) is 0.511. The van der Waals surface area contributed by atoms with E-state index in [-0.39, 0.29) is 5.91 Å². The molecular weight excluding hydrogens is 304 g/mol. The molecule has 5 heteroatoms. The van der Waals surface area contributed by atoms with E-state index in [9.17, 15) is 9.59 Å². The van der Waals surface area contributed by atoms with Gasteiger partial charge >= 0.3 is 5.97 Å². The maximum atomic E-state index is 13.1. The number of allylic oxidation sites excluding steroid dienone is 1. The number of esters is 1. The molecule has 0 unspecified atom stereocenters. The van der Waals surface area contributed by atoms with E-state index in [1.165, 1.54) is 0 Å². The molecule has 1 amide bonds. The number of nitrogens with zero attached hydrogens (tertiary/aromatic N) is 2. The molecule has 0 radical (unpaired) electrons. The SMILES string of the molecule is C=CCn1c(C)c(C(=O)N(CCC)CCC)c(C)c1C(=O)OCC. The van der Waals surface area contributed by atoms with E-state index < -0.39 is 5.97 Å². The zero-order valence-electron chi connectivity index (χ0n) is 15.6. The molecule has 24 heavy (non-hydrogen) atoms. The summed E-state index contributed by atoms with van der Waals surface area (Å²) < 4.78 is 7.00. The highest BCUT2D eigenvalue weighted by Gasteiger charge is 2.28. The van der Waals surface area contributed by atoms with Gasteiger partial charge in [0.05, 0.1) is 12.2 Å². The molecular formula is C19H30N2O3. The van der Waals surface area contributed by atoms with Crippen LogP contribution in [0.25, 0.3) is 0 Å². The van der Waals surface area contributed by atoms with Gasteiger partial charge in [-0.05, 0) is 39.2 Å². The molecule has 1 aromatic heterocycles. The number of hydrogen-bond donors (Lipinski definition) is 0. The minimum Gasteiger partial charge on any atom is -0.461 e. The van der Waals surface area contributed by atoms with E-state index in [2.05, 4.69) is 20.4 Å². The fourth-order valence-electron chi connectivity index (χ4n) is 3.04. The number of ether oxygens (including phenoxy) is 1. The molecule has 1 heterocycles. The Morgan fingerprint density at radius 2 is 1.75 bits per heavy atom. The predicted molar refractivity (Wildman–Crippen MR) is 96.5 cm³/mol. The molecule has 0 atom stereocenters. The van der Waals surface area contributed by atoms with Gasteiger partial charge < -0.3 is 14.2 Å². The van der Waals surface area contributed by atoms with Gasteiger partial charge in [0.25, 0.3) is 5.91 Å². The summed E-state index contributed by atoms with van der Waals surface area (Å²) in [5.41, 5.74) is 2.54. The number of carbonyl (C=O) groups is 2. The van der Waals surface area contributed by atoms with Crippen LogP contribution >= 0.6 is 0 Å². The van der Waals surface area contributed by atoms with Crippen LogP contribution in [0.4, 0.5) is 0 Å². The lowest BCUT2D eigenvalue weighted by atomic mass is 10.1. The van der Waals surface area contributed by atoms with E-state index >= 15 is 0 Å². The molecule has 0 aromatic carbocycles. The average Bonchev–Trinajstić information content (AvgIpc) is 2.78. The maximum Gasteiger partial charge on any atom is 0.355 e. The van der Waals surface area contributed by atoms with E-state index in [1.54, 1.807) is 13.0 Å². The van der Waals surface area contributed by atoms with E-state index in [1.807, 2.05) is 23.3 Å². The molecule has 0 fully saturated rings. The molecule has 0 aliphatic rings. The van der Waals surface area contributed by atoms with Crippen molar-refractivity contribution in [3.05, 3.63) is 35.2 Å². The highest BCUT2D eigenvalue weighted by atomic mass is 16.5. The van der Waals surface area contributed by atoms with Crippen molar-refractivity contribution in [1.29, 1.82) is 0 Å². The highest BCUT2D eigenvalue weighted by molar-refractivity contribution is 6.01. The van der Waals surface area contributed by atoms with E-state index in [0.29, 0.717) is 43.1 Å². The Morgan fingerprint density at radius 1 is 1.17 bits per heavy atom. The molecule has 0 saturated carbocycles. The lowest BCUT2D eigenvalue weighted by Gasteiger charge is -2.22. The number of carbonyl (C=O) groups excluding carboxylic acids is 2. The summed E-state index contributed by atoms with van der Waals surface area (Å²) in [7, 11) is 0. The fourth-order valence-corrected chi connectivity index (χ4v) is 3.04. The van der Waals surface area contributed by atoms with Gasteiger partial charge in [-0.25, -0.2) is 4.79 Å². The van der Waals surface area contributed by atoms with Crippen molar-refractivity contribution in [3.63, 3.8) is 0 Å². The standard InChI is InChI=1S/C19H30N2O3/c1-7-11-20(12-8-2)18(22)16-14(5)17(19(23)24-10-4)21(13-9-3)15(16)6/h9H,3,7-8,10-13H2,1-2,4-6H3. The second-order valence-electron chi connectivity index (χ2n) is 5.85. The van der Waals surface area contributed by atoms with E-state index in [0.717, 1.165) is 18.5 Å². The molecule has 0 saturated heterocycles. The zero-order valence-corrected chi connectivity index (χ0v) is 15.6. The first kappa shape index (κ1) is 20.0. The third-order valence-electron chi connectivity index (χ3n) is 4.04. The normalized spacial score (nSPS) is 10.5.